The van der Waals surface area contributed by atoms with Crippen LogP contribution in [-0.4, -0.2) is 18.9 Å². The Morgan fingerprint density at radius 1 is 1.14 bits per heavy atom. The number of carbonyl (C=O) groups is 2. The van der Waals surface area contributed by atoms with Crippen molar-refractivity contribution in [3.05, 3.63) is 24.2 Å². The Labute approximate surface area is 132 Å². The molecule has 0 radical (unpaired) electrons. The van der Waals surface area contributed by atoms with Crippen LogP contribution in [0.15, 0.2) is 22.8 Å². The van der Waals surface area contributed by atoms with Gasteiger partial charge in [-0.25, -0.2) is 0 Å². The average Bonchev–Trinajstić information content (AvgIpc) is 3.02. The number of carbonyl (C=O) groups excluding carboxylic acids is 2. The molecule has 4 nitrogen and oxygen atoms in total. The maximum absolute atomic E-state index is 11.4. The molecule has 0 aliphatic rings. The van der Waals surface area contributed by atoms with E-state index in [1.165, 1.54) is 7.11 Å². The number of furan rings is 1. The van der Waals surface area contributed by atoms with Gasteiger partial charge < -0.3 is 9.15 Å². The predicted octanol–water partition coefficient (Wildman–Crippen LogP) is 3.69. The molecule has 22 heavy (non-hydrogen) atoms. The molecule has 0 atom stereocenters. The minimum Gasteiger partial charge on any atom is -0.469 e. The van der Waals surface area contributed by atoms with Gasteiger partial charge in [0.15, 0.2) is 0 Å². The molecule has 0 N–H and O–H groups in total. The maximum Gasteiger partial charge on any atom is 0.313 e. The van der Waals surface area contributed by atoms with E-state index in [0.29, 0.717) is 6.42 Å². The van der Waals surface area contributed by atoms with Gasteiger partial charge >= 0.3 is 5.97 Å². The number of aryl methyl sites for hydroxylation is 1. The number of ketones is 1. The summed E-state index contributed by atoms with van der Waals surface area (Å²) in [7, 11) is 1.29. The fraction of sp³-hybridized carbons (Fsp3) is 0.556. The molecule has 1 aromatic heterocycles. The van der Waals surface area contributed by atoms with E-state index in [2.05, 4.69) is 16.6 Å². The topological polar surface area (TPSA) is 56.5 Å². The molecule has 0 saturated heterocycles. The first kappa shape index (κ1) is 18.0. The van der Waals surface area contributed by atoms with Gasteiger partial charge in [0.2, 0.25) is 0 Å². The minimum absolute atomic E-state index is 0.0455. The summed E-state index contributed by atoms with van der Waals surface area (Å²) in [5.74, 6) is 6.83. The van der Waals surface area contributed by atoms with E-state index in [1.807, 2.05) is 12.1 Å². The molecule has 120 valence electrons. The Balaban J connectivity index is 1.92. The number of methoxy groups -OCH3 is 1. The first-order chi connectivity index (χ1) is 10.7. The van der Waals surface area contributed by atoms with Crippen molar-refractivity contribution in [3.8, 4) is 11.8 Å². The monoisotopic (exact) mass is 304 g/mol. The van der Waals surface area contributed by atoms with Crippen molar-refractivity contribution in [1.82, 2.24) is 0 Å². The van der Waals surface area contributed by atoms with Crippen LogP contribution in [0.4, 0.5) is 0 Å². The zero-order valence-electron chi connectivity index (χ0n) is 13.2. The minimum atomic E-state index is -0.453. The van der Waals surface area contributed by atoms with E-state index in [-0.39, 0.29) is 12.2 Å². The molecule has 1 aromatic rings. The van der Waals surface area contributed by atoms with Crippen LogP contribution in [-0.2, 0) is 20.7 Å². The van der Waals surface area contributed by atoms with Crippen molar-refractivity contribution in [3.63, 3.8) is 0 Å². The van der Waals surface area contributed by atoms with Crippen LogP contribution in [0, 0.1) is 11.8 Å². The number of hydrogen-bond acceptors (Lipinski definition) is 4. The molecule has 0 amide bonds. The van der Waals surface area contributed by atoms with Gasteiger partial charge in [0, 0.05) is 25.7 Å². The normalized spacial score (nSPS) is 9.86. The summed E-state index contributed by atoms with van der Waals surface area (Å²) >= 11 is 0. The summed E-state index contributed by atoms with van der Waals surface area (Å²) in [6, 6.07) is 3.88. The fourth-order valence-electron chi connectivity index (χ4n) is 2.02. The molecule has 0 aliphatic carbocycles. The fourth-order valence-corrected chi connectivity index (χ4v) is 2.02. The molecule has 0 aromatic carbocycles. The summed E-state index contributed by atoms with van der Waals surface area (Å²) in [6.45, 7) is 0. The first-order valence-electron chi connectivity index (χ1n) is 7.79. The molecule has 0 unspecified atom stereocenters. The Bertz CT molecular complexity index is 491. The second-order valence-corrected chi connectivity index (χ2v) is 5.14. The lowest BCUT2D eigenvalue weighted by atomic mass is 10.1. The van der Waals surface area contributed by atoms with Gasteiger partial charge in [0.25, 0.3) is 0 Å². The van der Waals surface area contributed by atoms with Gasteiger partial charge in [-0.05, 0) is 31.4 Å². The van der Waals surface area contributed by atoms with Gasteiger partial charge in [-0.1, -0.05) is 6.42 Å². The molecule has 0 spiro atoms. The Morgan fingerprint density at radius 3 is 2.59 bits per heavy atom. The van der Waals surface area contributed by atoms with Crippen molar-refractivity contribution in [2.24, 2.45) is 0 Å². The Morgan fingerprint density at radius 2 is 1.91 bits per heavy atom. The number of Topliss-reactive ketones (excluding diaryl/α,β-unsaturated/α-hetero) is 1. The van der Waals surface area contributed by atoms with Crippen LogP contribution < -0.4 is 0 Å². The number of hydrogen-bond donors (Lipinski definition) is 0. The number of unbranched alkanes of at least 4 members (excludes halogenated alkanes) is 4. The van der Waals surface area contributed by atoms with Crippen LogP contribution in [0.3, 0.4) is 0 Å². The van der Waals surface area contributed by atoms with Crippen molar-refractivity contribution in [1.29, 1.82) is 0 Å². The maximum atomic E-state index is 11.4. The zero-order chi connectivity index (χ0) is 16.0. The summed E-state index contributed by atoms with van der Waals surface area (Å²) in [5, 5.41) is 0. The van der Waals surface area contributed by atoms with E-state index in [9.17, 15) is 9.59 Å². The molecule has 0 fully saturated rings. The number of rotatable bonds is 10. The molecule has 0 bridgehead atoms. The highest BCUT2D eigenvalue weighted by Gasteiger charge is 2.08. The van der Waals surface area contributed by atoms with Gasteiger partial charge in [-0.15, -0.1) is 11.8 Å². The molecular weight excluding hydrogens is 280 g/mol. The van der Waals surface area contributed by atoms with E-state index < -0.39 is 5.97 Å². The van der Waals surface area contributed by atoms with E-state index in [0.717, 1.165) is 50.7 Å². The van der Waals surface area contributed by atoms with Gasteiger partial charge in [-0.2, -0.15) is 0 Å². The third-order valence-corrected chi connectivity index (χ3v) is 3.26. The molecule has 0 aliphatic heterocycles. The second kappa shape index (κ2) is 11.6. The van der Waals surface area contributed by atoms with Crippen LogP contribution >= 0.6 is 0 Å². The van der Waals surface area contributed by atoms with Crippen molar-refractivity contribution in [2.75, 3.05) is 7.11 Å². The molecule has 4 heteroatoms. The highest BCUT2D eigenvalue weighted by molar-refractivity contribution is 5.95. The van der Waals surface area contributed by atoms with E-state index in [4.69, 9.17) is 4.42 Å². The van der Waals surface area contributed by atoms with Crippen LogP contribution in [0.25, 0.3) is 0 Å². The molecule has 1 rings (SSSR count). The third-order valence-electron chi connectivity index (χ3n) is 3.26. The summed E-state index contributed by atoms with van der Waals surface area (Å²) < 4.78 is 9.70. The van der Waals surface area contributed by atoms with Crippen molar-refractivity contribution in [2.45, 2.75) is 57.8 Å². The summed E-state index contributed by atoms with van der Waals surface area (Å²) in [6.07, 6.45) is 8.52. The Kier molecular flexibility index (Phi) is 9.52. The lowest BCUT2D eigenvalue weighted by Crippen LogP contribution is -2.08. The first-order valence-corrected chi connectivity index (χ1v) is 7.79. The molecule has 0 saturated carbocycles. The zero-order valence-corrected chi connectivity index (χ0v) is 13.2. The lowest BCUT2D eigenvalue weighted by molar-refractivity contribution is -0.143. The standard InChI is InChI=1S/C18H24O4/c1-21-18(20)15-16(19)11-8-6-4-2-3-5-7-9-12-17-13-10-14-22-17/h10,13-14H,2,4,6-9,11-12,15H2,1H3. The summed E-state index contributed by atoms with van der Waals surface area (Å²) in [5.41, 5.74) is 0. The van der Waals surface area contributed by atoms with Gasteiger partial charge in [-0.3, -0.25) is 9.59 Å². The largest absolute Gasteiger partial charge is 0.469 e. The van der Waals surface area contributed by atoms with Gasteiger partial charge in [0.1, 0.15) is 18.0 Å². The smallest absolute Gasteiger partial charge is 0.313 e. The number of esters is 1. The van der Waals surface area contributed by atoms with Crippen molar-refractivity contribution < 1.29 is 18.7 Å². The predicted molar refractivity (Wildman–Crippen MR) is 84.1 cm³/mol. The van der Waals surface area contributed by atoms with E-state index in [1.54, 1.807) is 6.26 Å². The SMILES string of the molecule is COC(=O)CC(=O)CCCCCC#CCCCc1ccco1. The van der Waals surface area contributed by atoms with Crippen molar-refractivity contribution >= 4 is 11.8 Å². The highest BCUT2D eigenvalue weighted by Crippen LogP contribution is 2.06. The Hall–Kier alpha value is -2.02. The highest BCUT2D eigenvalue weighted by atomic mass is 16.5. The van der Waals surface area contributed by atoms with Gasteiger partial charge in [0.05, 0.1) is 13.4 Å². The quantitative estimate of drug-likeness (QED) is 0.286. The summed E-state index contributed by atoms with van der Waals surface area (Å²) in [4.78, 5) is 22.3. The second-order valence-electron chi connectivity index (χ2n) is 5.14. The lowest BCUT2D eigenvalue weighted by Gasteiger charge is -1.99. The van der Waals surface area contributed by atoms with Crippen LogP contribution in [0.1, 0.15) is 57.1 Å². The van der Waals surface area contributed by atoms with Crippen LogP contribution in [0.2, 0.25) is 0 Å². The third kappa shape index (κ3) is 9.02. The van der Waals surface area contributed by atoms with E-state index >= 15 is 0 Å². The molecular formula is C18H24O4. The average molecular weight is 304 g/mol. The molecule has 1 heterocycles. The number of ether oxygens (including phenoxy) is 1. The van der Waals surface area contributed by atoms with Crippen LogP contribution in [0.5, 0.6) is 0 Å².